The highest BCUT2D eigenvalue weighted by atomic mass is 32.2. The van der Waals surface area contributed by atoms with E-state index < -0.39 is 0 Å². The smallest absolute Gasteiger partial charge is 0.166 e. The predicted octanol–water partition coefficient (Wildman–Crippen LogP) is 3.58. The molecular weight excluding hydrogens is 261 g/mol. The average molecular weight is 273 g/mol. The van der Waals surface area contributed by atoms with Gasteiger partial charge in [-0.15, -0.1) is 0 Å². The number of hydrogen-bond acceptors (Lipinski definition) is 3. The third-order valence-electron chi connectivity index (χ3n) is 2.84. The molecule has 19 heavy (non-hydrogen) atoms. The van der Waals surface area contributed by atoms with E-state index in [1.54, 1.807) is 18.2 Å². The first-order valence-electron chi connectivity index (χ1n) is 5.84. The summed E-state index contributed by atoms with van der Waals surface area (Å²) < 4.78 is 13.7. The lowest BCUT2D eigenvalue weighted by atomic mass is 10.2. The summed E-state index contributed by atoms with van der Waals surface area (Å²) in [4.78, 5) is 7.63. The molecule has 0 aliphatic heterocycles. The second kappa shape index (κ2) is 4.93. The first kappa shape index (κ1) is 12.0. The maximum atomic E-state index is 13.7. The fourth-order valence-corrected chi connectivity index (χ4v) is 2.72. The van der Waals surface area contributed by atoms with Crippen LogP contribution in [0.3, 0.4) is 0 Å². The van der Waals surface area contributed by atoms with Crippen LogP contribution in [0.15, 0.2) is 47.6 Å². The Morgan fingerprint density at radius 1 is 1.16 bits per heavy atom. The fourth-order valence-electron chi connectivity index (χ4n) is 1.85. The summed E-state index contributed by atoms with van der Waals surface area (Å²) >= 11 is 1.46. The van der Waals surface area contributed by atoms with Crippen LogP contribution in [0.25, 0.3) is 11.0 Å². The Kier molecular flexibility index (Phi) is 3.13. The molecule has 1 heterocycles. The molecular formula is C14H12FN3S. The second-order valence-corrected chi connectivity index (χ2v) is 5.13. The molecule has 0 aliphatic carbocycles. The molecule has 3 nitrogen and oxygen atoms in total. The number of nitrogens with one attached hydrogen (secondary N) is 1. The van der Waals surface area contributed by atoms with Gasteiger partial charge in [-0.1, -0.05) is 36.0 Å². The van der Waals surface area contributed by atoms with Crippen molar-refractivity contribution in [2.45, 2.75) is 10.9 Å². The average Bonchev–Trinajstić information content (AvgIpc) is 2.83. The molecule has 3 N–H and O–H groups in total. The lowest BCUT2D eigenvalue weighted by molar-refractivity contribution is 0.622. The van der Waals surface area contributed by atoms with E-state index in [9.17, 15) is 4.39 Å². The van der Waals surface area contributed by atoms with Gasteiger partial charge in [-0.2, -0.15) is 0 Å². The van der Waals surface area contributed by atoms with Gasteiger partial charge >= 0.3 is 0 Å². The Morgan fingerprint density at radius 3 is 2.84 bits per heavy atom. The number of nitrogens with two attached hydrogens (primary N) is 1. The number of benzene rings is 2. The number of rotatable bonds is 3. The van der Waals surface area contributed by atoms with Crippen molar-refractivity contribution in [2.75, 3.05) is 5.73 Å². The topological polar surface area (TPSA) is 54.7 Å². The molecule has 3 aromatic rings. The predicted molar refractivity (Wildman–Crippen MR) is 76.5 cm³/mol. The van der Waals surface area contributed by atoms with Crippen molar-refractivity contribution < 1.29 is 4.39 Å². The molecule has 96 valence electrons. The van der Waals surface area contributed by atoms with Crippen LogP contribution in [-0.4, -0.2) is 9.97 Å². The summed E-state index contributed by atoms with van der Waals surface area (Å²) in [5.74, 6) is 0.155. The number of hydrogen-bond donors (Lipinski definition) is 2. The van der Waals surface area contributed by atoms with E-state index in [1.807, 2.05) is 24.3 Å². The molecule has 0 fully saturated rings. The highest BCUT2D eigenvalue weighted by molar-refractivity contribution is 7.98. The maximum Gasteiger partial charge on any atom is 0.166 e. The van der Waals surface area contributed by atoms with Gasteiger partial charge in [0.05, 0.1) is 16.7 Å². The zero-order chi connectivity index (χ0) is 13.2. The number of imidazole rings is 1. The van der Waals surface area contributed by atoms with Crippen molar-refractivity contribution in [3.8, 4) is 0 Å². The molecule has 0 amide bonds. The van der Waals surface area contributed by atoms with E-state index in [2.05, 4.69) is 9.97 Å². The first-order valence-corrected chi connectivity index (χ1v) is 6.83. The van der Waals surface area contributed by atoms with Crippen LogP contribution in [0.5, 0.6) is 0 Å². The van der Waals surface area contributed by atoms with E-state index in [0.29, 0.717) is 11.3 Å². The van der Waals surface area contributed by atoms with Gasteiger partial charge in [-0.3, -0.25) is 0 Å². The molecule has 0 radical (unpaired) electrons. The number of aromatic amines is 1. The number of para-hydroxylation sites is 2. The van der Waals surface area contributed by atoms with Gasteiger partial charge in [0.25, 0.3) is 0 Å². The number of halogens is 1. The van der Waals surface area contributed by atoms with Gasteiger partial charge in [-0.25, -0.2) is 9.37 Å². The van der Waals surface area contributed by atoms with Gasteiger partial charge < -0.3 is 10.7 Å². The SMILES string of the molecule is Nc1cccc(CSc2nc3ccccc3[nH]2)c1F. The van der Waals surface area contributed by atoms with E-state index in [4.69, 9.17) is 5.73 Å². The van der Waals surface area contributed by atoms with Gasteiger partial charge in [0.2, 0.25) is 0 Å². The highest BCUT2D eigenvalue weighted by Gasteiger charge is 2.08. The molecule has 3 rings (SSSR count). The Bertz CT molecular complexity index is 691. The summed E-state index contributed by atoms with van der Waals surface area (Å²) in [6.45, 7) is 0. The number of fused-ring (bicyclic) bond motifs is 1. The van der Waals surface area contributed by atoms with Crippen LogP contribution < -0.4 is 5.73 Å². The molecule has 0 unspecified atom stereocenters. The van der Waals surface area contributed by atoms with Crippen LogP contribution in [0.2, 0.25) is 0 Å². The first-order chi connectivity index (χ1) is 9.24. The number of nitrogens with zero attached hydrogens (tertiary/aromatic N) is 1. The van der Waals surface area contributed by atoms with Crippen LogP contribution in [0.4, 0.5) is 10.1 Å². The molecule has 0 atom stereocenters. The summed E-state index contributed by atoms with van der Waals surface area (Å²) in [6.07, 6.45) is 0. The largest absolute Gasteiger partial charge is 0.396 e. The summed E-state index contributed by atoms with van der Waals surface area (Å²) in [6, 6.07) is 12.9. The fraction of sp³-hybridized carbons (Fsp3) is 0.0714. The zero-order valence-corrected chi connectivity index (χ0v) is 10.9. The Labute approximate surface area is 114 Å². The Hall–Kier alpha value is -2.01. The molecule has 1 aromatic heterocycles. The van der Waals surface area contributed by atoms with Crippen molar-refractivity contribution in [3.05, 3.63) is 53.8 Å². The van der Waals surface area contributed by atoms with E-state index >= 15 is 0 Å². The second-order valence-electron chi connectivity index (χ2n) is 4.17. The van der Waals surface area contributed by atoms with Gasteiger partial charge in [-0.05, 0) is 18.2 Å². The molecule has 0 saturated carbocycles. The van der Waals surface area contributed by atoms with Crippen LogP contribution in [-0.2, 0) is 5.75 Å². The standard InChI is InChI=1S/C14H12FN3S/c15-13-9(4-3-5-10(13)16)8-19-14-17-11-6-1-2-7-12(11)18-14/h1-7H,8,16H2,(H,17,18). The monoisotopic (exact) mass is 273 g/mol. The quantitative estimate of drug-likeness (QED) is 0.566. The lowest BCUT2D eigenvalue weighted by Gasteiger charge is -2.03. The van der Waals surface area contributed by atoms with Crippen LogP contribution >= 0.6 is 11.8 Å². The normalized spacial score (nSPS) is 11.0. The molecule has 2 aromatic carbocycles. The van der Waals surface area contributed by atoms with Gasteiger partial charge in [0, 0.05) is 11.3 Å². The van der Waals surface area contributed by atoms with Crippen molar-refractivity contribution in [1.29, 1.82) is 0 Å². The molecule has 0 saturated heterocycles. The van der Waals surface area contributed by atoms with Crippen molar-refractivity contribution in [2.24, 2.45) is 0 Å². The van der Waals surface area contributed by atoms with E-state index in [-0.39, 0.29) is 11.5 Å². The van der Waals surface area contributed by atoms with E-state index in [0.717, 1.165) is 16.2 Å². The van der Waals surface area contributed by atoms with Crippen molar-refractivity contribution in [3.63, 3.8) is 0 Å². The van der Waals surface area contributed by atoms with Crippen LogP contribution in [0.1, 0.15) is 5.56 Å². The third-order valence-corrected chi connectivity index (χ3v) is 3.76. The summed E-state index contributed by atoms with van der Waals surface area (Å²) in [7, 11) is 0. The van der Waals surface area contributed by atoms with E-state index in [1.165, 1.54) is 11.8 Å². The molecule has 0 aliphatic rings. The summed E-state index contributed by atoms with van der Waals surface area (Å²) in [5, 5.41) is 0.781. The van der Waals surface area contributed by atoms with Gasteiger partial charge in [0.15, 0.2) is 5.16 Å². The molecule has 5 heteroatoms. The number of H-pyrrole nitrogens is 1. The third kappa shape index (κ3) is 2.42. The number of thioether (sulfide) groups is 1. The van der Waals surface area contributed by atoms with Crippen molar-refractivity contribution >= 4 is 28.5 Å². The van der Waals surface area contributed by atoms with Crippen LogP contribution in [0, 0.1) is 5.82 Å². The molecule has 0 spiro atoms. The maximum absolute atomic E-state index is 13.7. The number of nitrogen functional groups attached to an aromatic ring is 1. The minimum atomic E-state index is -0.342. The van der Waals surface area contributed by atoms with Crippen molar-refractivity contribution in [1.82, 2.24) is 9.97 Å². The van der Waals surface area contributed by atoms with Gasteiger partial charge in [0.1, 0.15) is 5.82 Å². The minimum Gasteiger partial charge on any atom is -0.396 e. The number of aromatic nitrogens is 2. The molecule has 0 bridgehead atoms. The Balaban J connectivity index is 1.80. The Morgan fingerprint density at radius 2 is 2.00 bits per heavy atom. The summed E-state index contributed by atoms with van der Waals surface area (Å²) in [5.41, 5.74) is 8.21. The zero-order valence-electron chi connectivity index (χ0n) is 10.1. The number of anilines is 1. The highest BCUT2D eigenvalue weighted by Crippen LogP contribution is 2.25. The lowest BCUT2D eigenvalue weighted by Crippen LogP contribution is -1.95. The minimum absolute atomic E-state index is 0.183.